The Bertz CT molecular complexity index is 433. The van der Waals surface area contributed by atoms with Gasteiger partial charge in [0.1, 0.15) is 10.7 Å². The maximum atomic E-state index is 11.9. The SMILES string of the molecule is CCCCOC(=O)c1cnc(Cl)cc1NC1CC1. The van der Waals surface area contributed by atoms with E-state index in [9.17, 15) is 4.79 Å². The Morgan fingerprint density at radius 2 is 2.39 bits per heavy atom. The van der Waals surface area contributed by atoms with Gasteiger partial charge in [0.25, 0.3) is 0 Å². The summed E-state index contributed by atoms with van der Waals surface area (Å²) in [4.78, 5) is 15.8. The van der Waals surface area contributed by atoms with E-state index in [4.69, 9.17) is 16.3 Å². The average molecular weight is 269 g/mol. The number of carbonyl (C=O) groups excluding carboxylic acids is 1. The normalized spacial score (nSPS) is 14.3. The van der Waals surface area contributed by atoms with Crippen LogP contribution < -0.4 is 5.32 Å². The van der Waals surface area contributed by atoms with Gasteiger partial charge in [-0.2, -0.15) is 0 Å². The summed E-state index contributed by atoms with van der Waals surface area (Å²) in [6, 6.07) is 2.13. The van der Waals surface area contributed by atoms with Gasteiger partial charge >= 0.3 is 5.97 Å². The van der Waals surface area contributed by atoms with E-state index in [0.29, 0.717) is 23.4 Å². The number of esters is 1. The average Bonchev–Trinajstić information content (AvgIpc) is 3.13. The van der Waals surface area contributed by atoms with Gasteiger partial charge in [-0.1, -0.05) is 24.9 Å². The molecule has 1 aliphatic carbocycles. The lowest BCUT2D eigenvalue weighted by Crippen LogP contribution is -2.12. The summed E-state index contributed by atoms with van der Waals surface area (Å²) < 4.78 is 5.19. The number of pyridine rings is 1. The highest BCUT2D eigenvalue weighted by Crippen LogP contribution is 2.28. The molecule has 1 N–H and O–H groups in total. The summed E-state index contributed by atoms with van der Waals surface area (Å²) in [6.07, 6.45) is 5.60. The Kier molecular flexibility index (Phi) is 4.42. The van der Waals surface area contributed by atoms with Crippen molar-refractivity contribution < 1.29 is 9.53 Å². The molecule has 1 aliphatic rings. The molecule has 5 heteroatoms. The molecule has 0 unspecified atom stereocenters. The van der Waals surface area contributed by atoms with Crippen LogP contribution in [0.5, 0.6) is 0 Å². The summed E-state index contributed by atoms with van der Waals surface area (Å²) in [5.74, 6) is -0.337. The van der Waals surface area contributed by atoms with Crippen LogP contribution in [0.3, 0.4) is 0 Å². The Labute approximate surface area is 112 Å². The number of nitrogens with one attached hydrogen (secondary N) is 1. The Hall–Kier alpha value is -1.29. The number of unbranched alkanes of at least 4 members (excludes halogenated alkanes) is 1. The second-order valence-electron chi connectivity index (χ2n) is 4.46. The van der Waals surface area contributed by atoms with E-state index in [-0.39, 0.29) is 5.97 Å². The van der Waals surface area contributed by atoms with Gasteiger partial charge in [0.15, 0.2) is 0 Å². The molecule has 1 saturated carbocycles. The van der Waals surface area contributed by atoms with E-state index in [2.05, 4.69) is 17.2 Å². The number of ether oxygens (including phenoxy) is 1. The second kappa shape index (κ2) is 6.05. The van der Waals surface area contributed by atoms with Crippen molar-refractivity contribution in [2.75, 3.05) is 11.9 Å². The van der Waals surface area contributed by atoms with E-state index in [0.717, 1.165) is 31.4 Å². The molecule has 18 heavy (non-hydrogen) atoms. The van der Waals surface area contributed by atoms with E-state index in [1.54, 1.807) is 6.07 Å². The molecule has 0 amide bonds. The maximum Gasteiger partial charge on any atom is 0.341 e. The molecule has 1 aromatic heterocycles. The number of rotatable bonds is 6. The van der Waals surface area contributed by atoms with Crippen molar-refractivity contribution in [1.29, 1.82) is 0 Å². The van der Waals surface area contributed by atoms with Gasteiger partial charge in [-0.25, -0.2) is 9.78 Å². The molecular weight excluding hydrogens is 252 g/mol. The van der Waals surface area contributed by atoms with Gasteiger partial charge in [-0.05, 0) is 25.3 Å². The number of carbonyl (C=O) groups is 1. The first-order chi connectivity index (χ1) is 8.70. The van der Waals surface area contributed by atoms with Crippen LogP contribution in [0.2, 0.25) is 5.15 Å². The molecule has 0 spiro atoms. The highest BCUT2D eigenvalue weighted by Gasteiger charge is 2.24. The number of nitrogens with zero attached hydrogens (tertiary/aromatic N) is 1. The lowest BCUT2D eigenvalue weighted by atomic mass is 10.2. The highest BCUT2D eigenvalue weighted by molar-refractivity contribution is 6.29. The van der Waals surface area contributed by atoms with Crippen molar-refractivity contribution in [3.8, 4) is 0 Å². The Morgan fingerprint density at radius 1 is 1.61 bits per heavy atom. The summed E-state index contributed by atoms with van der Waals surface area (Å²) >= 11 is 5.85. The summed E-state index contributed by atoms with van der Waals surface area (Å²) in [5, 5.41) is 3.65. The standard InChI is InChI=1S/C13H17ClN2O2/c1-2-3-6-18-13(17)10-8-15-12(14)7-11(10)16-9-4-5-9/h7-9H,2-6H2,1H3,(H,15,16). The van der Waals surface area contributed by atoms with Crippen LogP contribution in [0.25, 0.3) is 0 Å². The summed E-state index contributed by atoms with van der Waals surface area (Å²) in [6.45, 7) is 2.50. The minimum atomic E-state index is -0.337. The monoisotopic (exact) mass is 268 g/mol. The van der Waals surface area contributed by atoms with Crippen molar-refractivity contribution in [3.05, 3.63) is 23.0 Å². The van der Waals surface area contributed by atoms with Crippen molar-refractivity contribution in [3.63, 3.8) is 0 Å². The highest BCUT2D eigenvalue weighted by atomic mass is 35.5. The molecule has 0 aromatic carbocycles. The fourth-order valence-corrected chi connectivity index (χ4v) is 1.70. The van der Waals surface area contributed by atoms with Gasteiger partial charge in [0.2, 0.25) is 0 Å². The smallest absolute Gasteiger partial charge is 0.341 e. The van der Waals surface area contributed by atoms with Gasteiger partial charge < -0.3 is 10.1 Å². The zero-order chi connectivity index (χ0) is 13.0. The van der Waals surface area contributed by atoms with Gasteiger partial charge in [0, 0.05) is 12.2 Å². The Balaban J connectivity index is 2.06. The number of anilines is 1. The van der Waals surface area contributed by atoms with Crippen LogP contribution in [0.1, 0.15) is 43.0 Å². The van der Waals surface area contributed by atoms with E-state index < -0.39 is 0 Å². The zero-order valence-electron chi connectivity index (χ0n) is 10.4. The van der Waals surface area contributed by atoms with Gasteiger partial charge in [-0.3, -0.25) is 0 Å². The largest absolute Gasteiger partial charge is 0.462 e. The third-order valence-electron chi connectivity index (χ3n) is 2.76. The molecule has 0 radical (unpaired) electrons. The predicted octanol–water partition coefficient (Wildman–Crippen LogP) is 3.27. The quantitative estimate of drug-likeness (QED) is 0.489. The molecule has 0 atom stereocenters. The number of halogens is 1. The predicted molar refractivity (Wildman–Crippen MR) is 71.1 cm³/mol. The first-order valence-corrected chi connectivity index (χ1v) is 6.67. The molecule has 0 bridgehead atoms. The van der Waals surface area contributed by atoms with E-state index in [1.807, 2.05) is 0 Å². The molecule has 1 fully saturated rings. The molecule has 0 aliphatic heterocycles. The topological polar surface area (TPSA) is 51.2 Å². The zero-order valence-corrected chi connectivity index (χ0v) is 11.2. The number of hydrogen-bond donors (Lipinski definition) is 1. The fraction of sp³-hybridized carbons (Fsp3) is 0.538. The molecular formula is C13H17ClN2O2. The Morgan fingerprint density at radius 3 is 3.06 bits per heavy atom. The number of hydrogen-bond acceptors (Lipinski definition) is 4. The molecule has 98 valence electrons. The van der Waals surface area contributed by atoms with Crippen molar-refractivity contribution in [2.45, 2.75) is 38.6 Å². The fourth-order valence-electron chi connectivity index (χ4n) is 1.55. The van der Waals surface area contributed by atoms with E-state index >= 15 is 0 Å². The first-order valence-electron chi connectivity index (χ1n) is 6.30. The lowest BCUT2D eigenvalue weighted by molar-refractivity contribution is 0.0500. The maximum absolute atomic E-state index is 11.9. The minimum Gasteiger partial charge on any atom is -0.462 e. The number of aromatic nitrogens is 1. The minimum absolute atomic E-state index is 0.337. The van der Waals surface area contributed by atoms with Gasteiger partial charge in [-0.15, -0.1) is 0 Å². The van der Waals surface area contributed by atoms with E-state index in [1.165, 1.54) is 6.20 Å². The van der Waals surface area contributed by atoms with Crippen LogP contribution in [0, 0.1) is 0 Å². The van der Waals surface area contributed by atoms with Crippen LogP contribution in [-0.4, -0.2) is 23.6 Å². The molecule has 0 saturated heterocycles. The van der Waals surface area contributed by atoms with Crippen LogP contribution >= 0.6 is 11.6 Å². The van der Waals surface area contributed by atoms with Crippen LogP contribution in [0.4, 0.5) is 5.69 Å². The molecule has 1 heterocycles. The van der Waals surface area contributed by atoms with Crippen molar-refractivity contribution in [1.82, 2.24) is 4.98 Å². The third kappa shape index (κ3) is 3.60. The first kappa shape index (κ1) is 13.1. The second-order valence-corrected chi connectivity index (χ2v) is 4.85. The van der Waals surface area contributed by atoms with Gasteiger partial charge in [0.05, 0.1) is 12.3 Å². The van der Waals surface area contributed by atoms with Crippen molar-refractivity contribution in [2.24, 2.45) is 0 Å². The lowest BCUT2D eigenvalue weighted by Gasteiger charge is -2.11. The van der Waals surface area contributed by atoms with Crippen LogP contribution in [-0.2, 0) is 4.74 Å². The van der Waals surface area contributed by atoms with Crippen molar-refractivity contribution >= 4 is 23.3 Å². The molecule has 2 rings (SSSR count). The molecule has 1 aromatic rings. The third-order valence-corrected chi connectivity index (χ3v) is 2.97. The van der Waals surface area contributed by atoms with Crippen LogP contribution in [0.15, 0.2) is 12.3 Å². The summed E-state index contributed by atoms with van der Waals surface area (Å²) in [5.41, 5.74) is 1.18. The summed E-state index contributed by atoms with van der Waals surface area (Å²) in [7, 11) is 0. The molecule has 4 nitrogen and oxygen atoms in total.